The largest absolute Gasteiger partial charge is 0.481 e. The molecule has 0 bridgehead atoms. The molecule has 0 aromatic carbocycles. The van der Waals surface area contributed by atoms with Crippen molar-refractivity contribution in [3.05, 3.63) is 47.1 Å². The summed E-state index contributed by atoms with van der Waals surface area (Å²) in [4.78, 5) is 53.7. The molecule has 0 aromatic rings. The molecule has 0 radical (unpaired) electrons. The Hall–Kier alpha value is -3.22. The van der Waals surface area contributed by atoms with E-state index in [2.05, 4.69) is 29.5 Å². The Morgan fingerprint density at radius 3 is 2.44 bits per heavy atom. The zero-order chi connectivity index (χ0) is 27.5. The summed E-state index contributed by atoms with van der Waals surface area (Å²) in [5.41, 5.74) is -1.27. The number of halogens is 4. The molecule has 2 N–H and O–H groups in total. The normalized spacial score (nSPS) is 18.7. The van der Waals surface area contributed by atoms with Crippen LogP contribution in [0.1, 0.15) is 32.6 Å². The number of aliphatic imine (C=N–C) groups is 1. The third-order valence-electron chi connectivity index (χ3n) is 5.18. The first-order chi connectivity index (χ1) is 16.9. The molecule has 8 nitrogen and oxygen atoms in total. The summed E-state index contributed by atoms with van der Waals surface area (Å²) in [6.45, 7) is 3.25. The lowest BCUT2D eigenvalue weighted by Crippen LogP contribution is -2.55. The summed E-state index contributed by atoms with van der Waals surface area (Å²) in [6.07, 6.45) is -0.429. The zero-order valence-corrected chi connectivity index (χ0v) is 20.3. The van der Waals surface area contributed by atoms with E-state index in [4.69, 9.17) is 5.11 Å². The lowest BCUT2D eigenvalue weighted by atomic mass is 9.99. The fourth-order valence-electron chi connectivity index (χ4n) is 3.29. The maximum Gasteiger partial charge on any atom is 0.416 e. The number of piperidine rings is 1. The van der Waals surface area contributed by atoms with E-state index in [9.17, 15) is 36.7 Å². The Morgan fingerprint density at radius 1 is 1.28 bits per heavy atom. The van der Waals surface area contributed by atoms with Gasteiger partial charge in [0, 0.05) is 12.8 Å². The Morgan fingerprint density at radius 2 is 1.94 bits per heavy atom. The number of carboxylic acid groups (broad SMARTS) is 1. The van der Waals surface area contributed by atoms with Crippen molar-refractivity contribution in [2.45, 2.75) is 50.9 Å². The second-order valence-electron chi connectivity index (χ2n) is 7.63. The Kier molecular flexibility index (Phi) is 12.3. The first-order valence-electron chi connectivity index (χ1n) is 10.8. The quantitative estimate of drug-likeness (QED) is 0.124. The summed E-state index contributed by atoms with van der Waals surface area (Å²) >= 11 is 3.95. The first-order valence-corrected chi connectivity index (χ1v) is 11.3. The minimum atomic E-state index is -4.64. The first kappa shape index (κ1) is 30.8. The number of aliphatic carboxylic acids is 1. The molecule has 1 heterocycles. The number of amides is 2. The van der Waals surface area contributed by atoms with Gasteiger partial charge in [-0.2, -0.15) is 13.2 Å². The van der Waals surface area contributed by atoms with Crippen molar-refractivity contribution in [3.63, 3.8) is 0 Å². The summed E-state index contributed by atoms with van der Waals surface area (Å²) in [7, 11) is 0. The van der Waals surface area contributed by atoms with Gasteiger partial charge < -0.3 is 15.3 Å². The number of hydrogen-bond acceptors (Lipinski definition) is 6. The van der Waals surface area contributed by atoms with Crippen LogP contribution in [0.5, 0.6) is 0 Å². The van der Waals surface area contributed by atoms with Crippen LogP contribution in [0, 0.1) is 0 Å². The highest BCUT2D eigenvalue weighted by molar-refractivity contribution is 7.83. The average Bonchev–Trinajstić information content (AvgIpc) is 2.83. The van der Waals surface area contributed by atoms with Gasteiger partial charge in [-0.05, 0) is 43.2 Å². The summed E-state index contributed by atoms with van der Waals surface area (Å²) in [5, 5.41) is 12.2. The molecule has 36 heavy (non-hydrogen) atoms. The van der Waals surface area contributed by atoms with Gasteiger partial charge in [0.15, 0.2) is 5.78 Å². The number of nitrogens with zero attached hydrogens (tertiary/aromatic N) is 2. The van der Waals surface area contributed by atoms with Crippen LogP contribution in [0.25, 0.3) is 0 Å². The second kappa shape index (κ2) is 14.4. The van der Waals surface area contributed by atoms with E-state index < -0.39 is 60.5 Å². The number of alkyl halides is 4. The predicted octanol–water partition coefficient (Wildman–Crippen LogP) is 3.33. The summed E-state index contributed by atoms with van der Waals surface area (Å²) < 4.78 is 51.8. The molecule has 1 rings (SSSR count). The van der Waals surface area contributed by atoms with Gasteiger partial charge in [-0.1, -0.05) is 18.7 Å². The molecular formula is C23H27F4N3O5S. The maximum atomic E-state index is 13.1. The van der Waals surface area contributed by atoms with Gasteiger partial charge in [-0.15, -0.1) is 12.6 Å². The van der Waals surface area contributed by atoms with Crippen LogP contribution in [0.3, 0.4) is 0 Å². The van der Waals surface area contributed by atoms with Crippen LogP contribution in [0.4, 0.5) is 17.6 Å². The van der Waals surface area contributed by atoms with E-state index in [1.54, 1.807) is 0 Å². The molecule has 1 aliphatic rings. The van der Waals surface area contributed by atoms with Gasteiger partial charge in [0.25, 0.3) is 5.91 Å². The number of ketones is 1. The van der Waals surface area contributed by atoms with Crippen molar-refractivity contribution in [3.8, 4) is 0 Å². The van der Waals surface area contributed by atoms with E-state index in [0.717, 1.165) is 22.6 Å². The molecule has 0 aliphatic carbocycles. The molecule has 2 amide bonds. The van der Waals surface area contributed by atoms with E-state index >= 15 is 0 Å². The molecule has 1 unspecified atom stereocenters. The van der Waals surface area contributed by atoms with Crippen LogP contribution >= 0.6 is 12.6 Å². The molecule has 198 valence electrons. The SMILES string of the molecule is C=C\C(=C/C(/C=N/C(=C\S)C(=O)N1CCCC[C@H]1C(=O)NC(CC(=O)O)C(=O)CF)=C\C)C(F)(F)F. The number of carbonyl (C=O) groups excluding carboxylic acids is 3. The Labute approximate surface area is 210 Å². The smallest absolute Gasteiger partial charge is 0.416 e. The minimum Gasteiger partial charge on any atom is -0.481 e. The lowest BCUT2D eigenvalue weighted by Gasteiger charge is -2.35. The molecule has 2 atom stereocenters. The summed E-state index contributed by atoms with van der Waals surface area (Å²) in [5.74, 6) is -4.14. The van der Waals surface area contributed by atoms with Gasteiger partial charge in [0.1, 0.15) is 24.5 Å². The highest BCUT2D eigenvalue weighted by Gasteiger charge is 2.36. The molecular weight excluding hydrogens is 506 g/mol. The third-order valence-corrected chi connectivity index (χ3v) is 5.42. The summed E-state index contributed by atoms with van der Waals surface area (Å²) in [6, 6.07) is -2.71. The number of likely N-dealkylation sites (tertiary alicyclic amines) is 1. The Balaban J connectivity index is 3.14. The van der Waals surface area contributed by atoms with Crippen LogP contribution in [0.2, 0.25) is 0 Å². The highest BCUT2D eigenvalue weighted by Crippen LogP contribution is 2.27. The van der Waals surface area contributed by atoms with Crippen LogP contribution in [-0.2, 0) is 19.2 Å². The number of Topliss-reactive ketones (excluding diaryl/α,β-unsaturated/α-hetero) is 1. The molecule has 1 fully saturated rings. The van der Waals surface area contributed by atoms with E-state index in [0.29, 0.717) is 18.9 Å². The van der Waals surface area contributed by atoms with Gasteiger partial charge >= 0.3 is 12.1 Å². The number of carboxylic acids is 1. The fraction of sp³-hybridized carbons (Fsp3) is 0.435. The van der Waals surface area contributed by atoms with Crippen molar-refractivity contribution in [1.29, 1.82) is 0 Å². The van der Waals surface area contributed by atoms with Gasteiger partial charge in [-0.25, -0.2) is 9.38 Å². The van der Waals surface area contributed by atoms with Gasteiger partial charge in [-0.3, -0.25) is 19.2 Å². The van der Waals surface area contributed by atoms with Crippen molar-refractivity contribution in [2.75, 3.05) is 13.2 Å². The highest BCUT2D eigenvalue weighted by atomic mass is 32.1. The maximum absolute atomic E-state index is 13.1. The molecule has 0 saturated carbocycles. The Bertz CT molecular complexity index is 989. The molecule has 0 spiro atoms. The van der Waals surface area contributed by atoms with Crippen LogP contribution in [-0.4, -0.2) is 71.3 Å². The van der Waals surface area contributed by atoms with Crippen LogP contribution < -0.4 is 5.32 Å². The van der Waals surface area contributed by atoms with Gasteiger partial charge in [0.05, 0.1) is 12.0 Å². The molecule has 0 aromatic heterocycles. The van der Waals surface area contributed by atoms with Gasteiger partial charge in [0.2, 0.25) is 5.91 Å². The topological polar surface area (TPSA) is 116 Å². The number of thiol groups is 1. The number of hydrogen-bond donors (Lipinski definition) is 3. The number of allylic oxidation sites excluding steroid dienone is 5. The standard InChI is InChI=1S/C23H27F4N3O5S/c1-3-14(9-15(4-2)23(25,26)27)12-28-17(13-36)22(35)30-8-6-5-7-18(30)21(34)29-16(10-20(32)33)19(31)11-24/h3-4,9,12-13,16,18,36H,2,5-8,10-11H2,1H3,(H,29,34)(H,32,33)/b14-3+,15-9+,17-13-,28-12+/t16?,18-/m0/s1. The minimum absolute atomic E-state index is 0.0249. The number of carbonyl (C=O) groups is 4. The molecule has 1 saturated heterocycles. The van der Waals surface area contributed by atoms with Crippen molar-refractivity contribution in [1.82, 2.24) is 10.2 Å². The number of nitrogens with one attached hydrogen (secondary N) is 1. The van der Waals surface area contributed by atoms with Crippen LogP contribution in [0.15, 0.2) is 52.1 Å². The van der Waals surface area contributed by atoms with E-state index in [1.807, 2.05) is 0 Å². The van der Waals surface area contributed by atoms with Crippen molar-refractivity contribution < 1.29 is 41.8 Å². The zero-order valence-electron chi connectivity index (χ0n) is 19.4. The van der Waals surface area contributed by atoms with E-state index in [1.165, 1.54) is 13.0 Å². The third kappa shape index (κ3) is 9.10. The average molecular weight is 534 g/mol. The van der Waals surface area contributed by atoms with Crippen molar-refractivity contribution >= 4 is 42.4 Å². The molecule has 13 heteroatoms. The molecule has 1 aliphatic heterocycles. The fourth-order valence-corrected chi connectivity index (χ4v) is 3.47. The lowest BCUT2D eigenvalue weighted by molar-refractivity contribution is -0.143. The van der Waals surface area contributed by atoms with E-state index in [-0.39, 0.29) is 24.2 Å². The monoisotopic (exact) mass is 533 g/mol. The predicted molar refractivity (Wildman–Crippen MR) is 128 cm³/mol. The number of rotatable bonds is 11. The van der Waals surface area contributed by atoms with Crippen molar-refractivity contribution in [2.24, 2.45) is 4.99 Å². The second-order valence-corrected chi connectivity index (χ2v) is 7.89.